The van der Waals surface area contributed by atoms with Crippen LogP contribution in [0.15, 0.2) is 36.4 Å². The molecule has 0 N–H and O–H groups in total. The van der Waals surface area contributed by atoms with E-state index in [9.17, 15) is 4.79 Å². The first kappa shape index (κ1) is 9.97. The van der Waals surface area contributed by atoms with Crippen LogP contribution in [0.1, 0.15) is 41.8 Å². The first-order valence-electron chi connectivity index (χ1n) is 5.29. The molecule has 0 fully saturated rings. The fraction of sp³-hybridized carbons (Fsp3) is 0.308. The summed E-state index contributed by atoms with van der Waals surface area (Å²) in [4.78, 5) is 11.5. The van der Waals surface area contributed by atoms with Gasteiger partial charge in [-0.1, -0.05) is 37.6 Å². The Morgan fingerprint density at radius 1 is 1.40 bits per heavy atom. The highest BCUT2D eigenvalue weighted by Crippen LogP contribution is 2.31. The number of ether oxygens (including phenoxy) is 1. The van der Waals surface area contributed by atoms with Crippen molar-refractivity contribution in [3.8, 4) is 0 Å². The van der Waals surface area contributed by atoms with Gasteiger partial charge in [-0.05, 0) is 18.6 Å². The zero-order valence-electron chi connectivity index (χ0n) is 8.77. The molecule has 0 aromatic heterocycles. The van der Waals surface area contributed by atoms with Crippen molar-refractivity contribution in [2.45, 2.75) is 25.9 Å². The standard InChI is InChI=1S/C13H14O2/c1-2-3-4-9-12-10-7-5-6-8-11(10)13(14)15-12/h4-9,12H,2-3H2,1H3/b9-4+. The molecule has 78 valence electrons. The van der Waals surface area contributed by atoms with Crippen LogP contribution in [0.5, 0.6) is 0 Å². The summed E-state index contributed by atoms with van der Waals surface area (Å²) in [6.45, 7) is 2.12. The van der Waals surface area contributed by atoms with Crippen LogP contribution in [0.4, 0.5) is 0 Å². The summed E-state index contributed by atoms with van der Waals surface area (Å²) in [5, 5.41) is 0. The van der Waals surface area contributed by atoms with E-state index >= 15 is 0 Å². The summed E-state index contributed by atoms with van der Waals surface area (Å²) in [7, 11) is 0. The summed E-state index contributed by atoms with van der Waals surface area (Å²) in [5.74, 6) is -0.211. The van der Waals surface area contributed by atoms with Crippen LogP contribution in [-0.2, 0) is 4.74 Å². The van der Waals surface area contributed by atoms with Crippen molar-refractivity contribution in [3.05, 3.63) is 47.5 Å². The lowest BCUT2D eigenvalue weighted by Gasteiger charge is -2.03. The highest BCUT2D eigenvalue weighted by atomic mass is 16.5. The van der Waals surface area contributed by atoms with Gasteiger partial charge in [-0.3, -0.25) is 0 Å². The Morgan fingerprint density at radius 2 is 2.20 bits per heavy atom. The van der Waals surface area contributed by atoms with Gasteiger partial charge in [0.2, 0.25) is 0 Å². The average molecular weight is 202 g/mol. The third kappa shape index (κ3) is 1.94. The number of cyclic esters (lactones) is 1. The Labute approximate surface area is 89.6 Å². The van der Waals surface area contributed by atoms with Crippen molar-refractivity contribution in [3.63, 3.8) is 0 Å². The number of unbranched alkanes of at least 4 members (excludes halogenated alkanes) is 1. The van der Waals surface area contributed by atoms with Gasteiger partial charge < -0.3 is 4.74 Å². The monoisotopic (exact) mass is 202 g/mol. The number of allylic oxidation sites excluding steroid dienone is 1. The van der Waals surface area contributed by atoms with Crippen LogP contribution in [0.2, 0.25) is 0 Å². The van der Waals surface area contributed by atoms with E-state index < -0.39 is 0 Å². The fourth-order valence-electron chi connectivity index (χ4n) is 1.70. The Kier molecular flexibility index (Phi) is 2.86. The van der Waals surface area contributed by atoms with Crippen LogP contribution < -0.4 is 0 Å². The van der Waals surface area contributed by atoms with Crippen molar-refractivity contribution < 1.29 is 9.53 Å². The predicted octanol–water partition coefficient (Wildman–Crippen LogP) is 3.25. The SMILES string of the molecule is CCC/C=C/C1OC(=O)c2ccccc21. The normalized spacial score (nSPS) is 19.3. The van der Waals surface area contributed by atoms with E-state index in [-0.39, 0.29) is 12.1 Å². The van der Waals surface area contributed by atoms with E-state index in [1.165, 1.54) is 0 Å². The average Bonchev–Trinajstić information content (AvgIpc) is 2.58. The molecule has 1 atom stereocenters. The predicted molar refractivity (Wildman–Crippen MR) is 58.6 cm³/mol. The molecule has 0 amide bonds. The van der Waals surface area contributed by atoms with Gasteiger partial charge in [0.05, 0.1) is 5.56 Å². The number of carbonyl (C=O) groups is 1. The number of carbonyl (C=O) groups excluding carboxylic acids is 1. The maximum absolute atomic E-state index is 11.5. The molecule has 1 aromatic rings. The zero-order valence-corrected chi connectivity index (χ0v) is 8.77. The van der Waals surface area contributed by atoms with Gasteiger partial charge >= 0.3 is 5.97 Å². The molecule has 1 aliphatic heterocycles. The molecule has 2 nitrogen and oxygen atoms in total. The van der Waals surface area contributed by atoms with Gasteiger partial charge in [0.15, 0.2) is 0 Å². The van der Waals surface area contributed by atoms with Crippen LogP contribution in [0.3, 0.4) is 0 Å². The second kappa shape index (κ2) is 4.30. The molecular weight excluding hydrogens is 188 g/mol. The lowest BCUT2D eigenvalue weighted by Crippen LogP contribution is -1.95. The van der Waals surface area contributed by atoms with Gasteiger partial charge in [0.25, 0.3) is 0 Å². The quantitative estimate of drug-likeness (QED) is 0.555. The van der Waals surface area contributed by atoms with E-state index in [1.807, 2.05) is 30.3 Å². The van der Waals surface area contributed by atoms with Gasteiger partial charge in [-0.15, -0.1) is 0 Å². The maximum Gasteiger partial charge on any atom is 0.339 e. The third-order valence-electron chi connectivity index (χ3n) is 2.49. The molecule has 0 saturated heterocycles. The first-order chi connectivity index (χ1) is 7.33. The molecule has 1 aliphatic rings. The van der Waals surface area contributed by atoms with Gasteiger partial charge in [0, 0.05) is 5.56 Å². The lowest BCUT2D eigenvalue weighted by atomic mass is 10.0. The van der Waals surface area contributed by atoms with Crippen molar-refractivity contribution in [2.75, 3.05) is 0 Å². The molecule has 2 rings (SSSR count). The smallest absolute Gasteiger partial charge is 0.339 e. The van der Waals surface area contributed by atoms with E-state index in [0.717, 1.165) is 18.4 Å². The van der Waals surface area contributed by atoms with Crippen molar-refractivity contribution in [1.29, 1.82) is 0 Å². The molecular formula is C13H14O2. The Morgan fingerprint density at radius 3 is 3.00 bits per heavy atom. The molecule has 2 heteroatoms. The van der Waals surface area contributed by atoms with Gasteiger partial charge in [0.1, 0.15) is 6.10 Å². The van der Waals surface area contributed by atoms with Crippen LogP contribution in [0, 0.1) is 0 Å². The molecule has 1 heterocycles. The number of hydrogen-bond acceptors (Lipinski definition) is 2. The summed E-state index contributed by atoms with van der Waals surface area (Å²) in [6, 6.07) is 7.55. The topological polar surface area (TPSA) is 26.3 Å². The van der Waals surface area contributed by atoms with Crippen LogP contribution in [0.25, 0.3) is 0 Å². The second-order valence-corrected chi connectivity index (χ2v) is 3.63. The Bertz CT molecular complexity index is 393. The van der Waals surface area contributed by atoms with Crippen LogP contribution in [-0.4, -0.2) is 5.97 Å². The molecule has 0 bridgehead atoms. The molecule has 15 heavy (non-hydrogen) atoms. The number of benzene rings is 1. The Balaban J connectivity index is 2.21. The molecule has 1 unspecified atom stereocenters. The minimum atomic E-state index is -0.211. The minimum Gasteiger partial charge on any atom is -0.450 e. The Hall–Kier alpha value is -1.57. The van der Waals surface area contributed by atoms with E-state index in [0.29, 0.717) is 5.56 Å². The third-order valence-corrected chi connectivity index (χ3v) is 2.49. The maximum atomic E-state index is 11.5. The zero-order chi connectivity index (χ0) is 10.7. The summed E-state index contributed by atoms with van der Waals surface area (Å²) >= 11 is 0. The summed E-state index contributed by atoms with van der Waals surface area (Å²) < 4.78 is 5.25. The number of rotatable bonds is 3. The molecule has 1 aromatic carbocycles. The number of hydrogen-bond donors (Lipinski definition) is 0. The molecule has 0 aliphatic carbocycles. The van der Waals surface area contributed by atoms with Gasteiger partial charge in [-0.25, -0.2) is 4.79 Å². The highest BCUT2D eigenvalue weighted by molar-refractivity contribution is 5.94. The molecule has 0 saturated carbocycles. The summed E-state index contributed by atoms with van der Waals surface area (Å²) in [5.41, 5.74) is 1.68. The minimum absolute atomic E-state index is 0.180. The second-order valence-electron chi connectivity index (χ2n) is 3.63. The van der Waals surface area contributed by atoms with Crippen molar-refractivity contribution in [2.24, 2.45) is 0 Å². The van der Waals surface area contributed by atoms with E-state index in [1.54, 1.807) is 0 Å². The molecule has 0 radical (unpaired) electrons. The number of esters is 1. The lowest BCUT2D eigenvalue weighted by molar-refractivity contribution is 0.0467. The van der Waals surface area contributed by atoms with E-state index in [2.05, 4.69) is 13.0 Å². The first-order valence-corrected chi connectivity index (χ1v) is 5.29. The highest BCUT2D eigenvalue weighted by Gasteiger charge is 2.28. The van der Waals surface area contributed by atoms with Crippen molar-refractivity contribution in [1.82, 2.24) is 0 Å². The fourth-order valence-corrected chi connectivity index (χ4v) is 1.70. The largest absolute Gasteiger partial charge is 0.450 e. The van der Waals surface area contributed by atoms with Crippen molar-refractivity contribution >= 4 is 5.97 Å². The molecule has 0 spiro atoms. The van der Waals surface area contributed by atoms with E-state index in [4.69, 9.17) is 4.74 Å². The van der Waals surface area contributed by atoms with Crippen LogP contribution >= 0.6 is 0 Å². The van der Waals surface area contributed by atoms with Gasteiger partial charge in [-0.2, -0.15) is 0 Å². The number of fused-ring (bicyclic) bond motifs is 1. The summed E-state index contributed by atoms with van der Waals surface area (Å²) in [6.07, 6.45) is 5.99.